The molecule has 2 atom stereocenters. The molecule has 0 radical (unpaired) electrons. The van der Waals surface area contributed by atoms with Crippen molar-refractivity contribution in [1.29, 1.82) is 0 Å². The summed E-state index contributed by atoms with van der Waals surface area (Å²) in [5.74, 6) is 2.84. The summed E-state index contributed by atoms with van der Waals surface area (Å²) in [6.45, 7) is 4.58. The van der Waals surface area contributed by atoms with Crippen molar-refractivity contribution < 1.29 is 23.7 Å². The van der Waals surface area contributed by atoms with E-state index in [2.05, 4.69) is 11.5 Å². The Morgan fingerprint density at radius 3 is 1.63 bits per heavy atom. The normalized spacial score (nSPS) is 19.3. The summed E-state index contributed by atoms with van der Waals surface area (Å²) < 4.78 is 21.7. The number of hydrogen-bond donors (Lipinski definition) is 0. The zero-order chi connectivity index (χ0) is 21.7. The van der Waals surface area contributed by atoms with E-state index in [9.17, 15) is 4.79 Å². The van der Waals surface area contributed by atoms with Crippen molar-refractivity contribution in [2.24, 2.45) is 0 Å². The van der Waals surface area contributed by atoms with Gasteiger partial charge in [-0.3, -0.25) is 9.69 Å². The number of ether oxygens (including phenoxy) is 4. The maximum atomic E-state index is 12.8. The maximum absolute atomic E-state index is 12.8. The Morgan fingerprint density at radius 2 is 1.27 bits per heavy atom. The van der Waals surface area contributed by atoms with E-state index in [0.717, 1.165) is 11.1 Å². The van der Waals surface area contributed by atoms with Crippen molar-refractivity contribution in [2.75, 3.05) is 35.0 Å². The number of methoxy groups -OCH3 is 4. The second-order valence-electron chi connectivity index (χ2n) is 7.19. The molecule has 0 aromatic heterocycles. The van der Waals surface area contributed by atoms with Gasteiger partial charge < -0.3 is 18.9 Å². The van der Waals surface area contributed by atoms with Crippen LogP contribution >= 0.6 is 0 Å². The molecule has 0 unspecified atom stereocenters. The molecule has 6 nitrogen and oxygen atoms in total. The molecule has 0 N–H and O–H groups in total. The number of nitrogens with zero attached hydrogens (tertiary/aromatic N) is 1. The first-order valence-electron chi connectivity index (χ1n) is 9.88. The Morgan fingerprint density at radius 1 is 0.833 bits per heavy atom. The lowest BCUT2D eigenvalue weighted by Crippen LogP contribution is -2.40. The number of piperidine rings is 1. The highest BCUT2D eigenvalue weighted by atomic mass is 16.5. The fourth-order valence-corrected chi connectivity index (χ4v) is 4.11. The third kappa shape index (κ3) is 4.28. The zero-order valence-electron chi connectivity index (χ0n) is 18.0. The summed E-state index contributed by atoms with van der Waals surface area (Å²) in [4.78, 5) is 15.1. The molecule has 30 heavy (non-hydrogen) atoms. The molecule has 2 aromatic rings. The van der Waals surface area contributed by atoms with Crippen LogP contribution in [0, 0.1) is 0 Å². The number of ketones is 1. The standard InChI is InChI=1S/C24H29NO5/c1-6-11-25-19(16-7-9-21(27-2)23(12-16)29-4)14-18(26)15-20(25)17-8-10-22(28-3)24(13-17)30-5/h6-10,12-13,19-20H,1,11,14-15H2,2-5H3/t19-,20+. The van der Waals surface area contributed by atoms with Crippen molar-refractivity contribution in [3.63, 3.8) is 0 Å². The fourth-order valence-electron chi connectivity index (χ4n) is 4.11. The second-order valence-corrected chi connectivity index (χ2v) is 7.19. The molecule has 0 amide bonds. The molecular formula is C24H29NO5. The van der Waals surface area contributed by atoms with E-state index < -0.39 is 0 Å². The largest absolute Gasteiger partial charge is 0.493 e. The summed E-state index contributed by atoms with van der Waals surface area (Å²) in [5.41, 5.74) is 2.01. The van der Waals surface area contributed by atoms with Gasteiger partial charge in [0, 0.05) is 31.5 Å². The number of Topliss-reactive ketones (excluding diaryl/α,β-unsaturated/α-hetero) is 1. The van der Waals surface area contributed by atoms with Crippen LogP contribution in [0.5, 0.6) is 23.0 Å². The highest BCUT2D eigenvalue weighted by Gasteiger charge is 2.36. The quantitative estimate of drug-likeness (QED) is 0.602. The molecule has 1 aliphatic rings. The molecule has 2 aromatic carbocycles. The van der Waals surface area contributed by atoms with Crippen molar-refractivity contribution in [1.82, 2.24) is 4.90 Å². The minimum absolute atomic E-state index is 0.0952. The van der Waals surface area contributed by atoms with Crippen LogP contribution in [0.2, 0.25) is 0 Å². The van der Waals surface area contributed by atoms with Crippen LogP contribution < -0.4 is 18.9 Å². The van der Waals surface area contributed by atoms with Crippen molar-refractivity contribution in [3.05, 3.63) is 60.2 Å². The third-order valence-electron chi connectivity index (χ3n) is 5.57. The molecular weight excluding hydrogens is 382 g/mol. The first kappa shape index (κ1) is 21.7. The average Bonchev–Trinajstić information content (AvgIpc) is 2.78. The van der Waals surface area contributed by atoms with Crippen LogP contribution in [0.3, 0.4) is 0 Å². The van der Waals surface area contributed by atoms with Gasteiger partial charge >= 0.3 is 0 Å². The predicted octanol–water partition coefficient (Wildman–Crippen LogP) is 4.35. The molecule has 1 heterocycles. The highest BCUT2D eigenvalue weighted by molar-refractivity contribution is 5.81. The molecule has 0 bridgehead atoms. The van der Waals surface area contributed by atoms with Crippen LogP contribution in [0.1, 0.15) is 36.1 Å². The van der Waals surface area contributed by atoms with Gasteiger partial charge in [-0.15, -0.1) is 6.58 Å². The molecule has 6 heteroatoms. The van der Waals surface area contributed by atoms with E-state index in [1.54, 1.807) is 28.4 Å². The average molecular weight is 411 g/mol. The molecule has 0 spiro atoms. The van der Waals surface area contributed by atoms with Crippen LogP contribution in [0.15, 0.2) is 49.1 Å². The van der Waals surface area contributed by atoms with Gasteiger partial charge in [-0.1, -0.05) is 18.2 Å². The molecule has 160 valence electrons. The monoisotopic (exact) mass is 411 g/mol. The molecule has 1 fully saturated rings. The number of carbonyl (C=O) groups is 1. The first-order chi connectivity index (χ1) is 14.6. The summed E-state index contributed by atoms with van der Waals surface area (Å²) in [7, 11) is 6.45. The van der Waals surface area contributed by atoms with Crippen molar-refractivity contribution in [3.8, 4) is 23.0 Å². The minimum atomic E-state index is -0.0952. The van der Waals surface area contributed by atoms with Crippen LogP contribution in [-0.2, 0) is 4.79 Å². The summed E-state index contributed by atoms with van der Waals surface area (Å²) >= 11 is 0. The molecule has 1 aliphatic heterocycles. The van der Waals surface area contributed by atoms with Gasteiger partial charge in [-0.2, -0.15) is 0 Å². The molecule has 1 saturated heterocycles. The number of likely N-dealkylation sites (tertiary alicyclic amines) is 1. The number of hydrogen-bond acceptors (Lipinski definition) is 6. The third-order valence-corrected chi connectivity index (χ3v) is 5.57. The highest BCUT2D eigenvalue weighted by Crippen LogP contribution is 2.43. The van der Waals surface area contributed by atoms with E-state index in [1.807, 2.05) is 42.5 Å². The fraction of sp³-hybridized carbons (Fsp3) is 0.375. The van der Waals surface area contributed by atoms with Gasteiger partial charge in [0.2, 0.25) is 0 Å². The van der Waals surface area contributed by atoms with Gasteiger partial charge in [0.05, 0.1) is 28.4 Å². The van der Waals surface area contributed by atoms with Crippen molar-refractivity contribution >= 4 is 5.78 Å². The van der Waals surface area contributed by atoms with Crippen LogP contribution in [0.4, 0.5) is 0 Å². The Balaban J connectivity index is 2.03. The topological polar surface area (TPSA) is 57.2 Å². The van der Waals surface area contributed by atoms with Gasteiger partial charge in [-0.25, -0.2) is 0 Å². The molecule has 0 saturated carbocycles. The lowest BCUT2D eigenvalue weighted by atomic mass is 9.86. The van der Waals surface area contributed by atoms with Gasteiger partial charge in [0.25, 0.3) is 0 Å². The zero-order valence-corrected chi connectivity index (χ0v) is 18.0. The van der Waals surface area contributed by atoms with Gasteiger partial charge in [0.15, 0.2) is 23.0 Å². The first-order valence-corrected chi connectivity index (χ1v) is 9.88. The number of rotatable bonds is 8. The van der Waals surface area contributed by atoms with Gasteiger partial charge in [0.1, 0.15) is 5.78 Å². The van der Waals surface area contributed by atoms with E-state index in [-0.39, 0.29) is 17.9 Å². The summed E-state index contributed by atoms with van der Waals surface area (Å²) in [6.07, 6.45) is 2.75. The number of carbonyl (C=O) groups excluding carboxylic acids is 1. The van der Waals surface area contributed by atoms with E-state index in [4.69, 9.17) is 18.9 Å². The Hall–Kier alpha value is -2.99. The second kappa shape index (κ2) is 9.67. The minimum Gasteiger partial charge on any atom is -0.493 e. The molecule has 0 aliphatic carbocycles. The maximum Gasteiger partial charge on any atom is 0.161 e. The number of benzene rings is 2. The van der Waals surface area contributed by atoms with E-state index >= 15 is 0 Å². The smallest absolute Gasteiger partial charge is 0.161 e. The van der Waals surface area contributed by atoms with Crippen LogP contribution in [0.25, 0.3) is 0 Å². The summed E-state index contributed by atoms with van der Waals surface area (Å²) in [5, 5.41) is 0. The van der Waals surface area contributed by atoms with Gasteiger partial charge in [-0.05, 0) is 35.4 Å². The van der Waals surface area contributed by atoms with E-state index in [1.165, 1.54) is 0 Å². The van der Waals surface area contributed by atoms with Crippen molar-refractivity contribution in [2.45, 2.75) is 24.9 Å². The van der Waals surface area contributed by atoms with Crippen LogP contribution in [-0.4, -0.2) is 45.7 Å². The van der Waals surface area contributed by atoms with E-state index in [0.29, 0.717) is 42.4 Å². The molecule has 3 rings (SSSR count). The predicted molar refractivity (Wildman–Crippen MR) is 116 cm³/mol. The Kier molecular flexibility index (Phi) is 7.00. The Bertz CT molecular complexity index is 843. The lowest BCUT2D eigenvalue weighted by molar-refractivity contribution is -0.125. The Labute approximate surface area is 178 Å². The summed E-state index contributed by atoms with van der Waals surface area (Å²) in [6, 6.07) is 11.5. The SMILES string of the molecule is C=CCN1[C@@H](c2ccc(OC)c(OC)c2)CC(=O)C[C@H]1c1ccc(OC)c(OC)c1. The lowest BCUT2D eigenvalue weighted by Gasteiger charge is -2.41.